The second-order valence-corrected chi connectivity index (χ2v) is 2.04. The third kappa shape index (κ3) is 7.88. The molecule has 62 valence electrons. The maximum atomic E-state index is 5.20. The Morgan fingerprint density at radius 3 is 2.70 bits per heavy atom. The molecule has 3 heteroatoms. The monoisotopic (exact) mass is 147 g/mol. The lowest BCUT2D eigenvalue weighted by Gasteiger charge is -2.02. The number of hydrogen-bond donors (Lipinski definition) is 1. The molecule has 0 rings (SSSR count). The number of rotatable bonds is 7. The third-order valence-electron chi connectivity index (χ3n) is 1.13. The van der Waals surface area contributed by atoms with Crippen LogP contribution in [0, 0.1) is 7.05 Å². The van der Waals surface area contributed by atoms with Gasteiger partial charge < -0.3 is 14.8 Å². The van der Waals surface area contributed by atoms with Crippen LogP contribution in [0.25, 0.3) is 0 Å². The fourth-order valence-corrected chi connectivity index (χ4v) is 0.574. The van der Waals surface area contributed by atoms with Crippen molar-refractivity contribution in [2.24, 2.45) is 0 Å². The van der Waals surface area contributed by atoms with Crippen molar-refractivity contribution in [3.05, 3.63) is 7.05 Å². The first kappa shape index (κ1) is 9.88. The lowest BCUT2D eigenvalue weighted by Crippen LogP contribution is -2.77. The topological polar surface area (TPSA) is 35.1 Å². The van der Waals surface area contributed by atoms with E-state index in [1.54, 1.807) is 7.11 Å². The Morgan fingerprint density at radius 1 is 1.30 bits per heavy atom. The van der Waals surface area contributed by atoms with Crippen LogP contribution in [0.15, 0.2) is 0 Å². The van der Waals surface area contributed by atoms with Gasteiger partial charge in [0.25, 0.3) is 0 Å². The normalized spacial score (nSPS) is 10.2. The summed E-state index contributed by atoms with van der Waals surface area (Å²) >= 11 is 0. The molecule has 0 aliphatic rings. The Labute approximate surface area is 62.7 Å². The van der Waals surface area contributed by atoms with Crippen LogP contribution in [-0.4, -0.2) is 33.5 Å². The highest BCUT2D eigenvalue weighted by Crippen LogP contribution is 1.78. The zero-order valence-corrected chi connectivity index (χ0v) is 6.64. The van der Waals surface area contributed by atoms with Crippen molar-refractivity contribution in [3.63, 3.8) is 0 Å². The zero-order valence-electron chi connectivity index (χ0n) is 6.64. The summed E-state index contributed by atoms with van der Waals surface area (Å²) < 4.78 is 10.0. The first-order valence-electron chi connectivity index (χ1n) is 3.59. The van der Waals surface area contributed by atoms with Gasteiger partial charge in [0.05, 0.1) is 26.4 Å². The van der Waals surface area contributed by atoms with Gasteiger partial charge in [-0.3, -0.25) is 0 Å². The van der Waals surface area contributed by atoms with Crippen molar-refractivity contribution in [3.8, 4) is 0 Å². The number of quaternary nitrogens is 1. The summed E-state index contributed by atoms with van der Waals surface area (Å²) in [5.41, 5.74) is 0. The minimum atomic E-state index is 0.689. The molecule has 10 heavy (non-hydrogen) atoms. The largest absolute Gasteiger partial charge is 0.479 e. The molecule has 0 aliphatic carbocycles. The van der Waals surface area contributed by atoms with Gasteiger partial charge in [0.2, 0.25) is 0 Å². The Balaban J connectivity index is 2.65. The number of ether oxygens (including phenoxy) is 2. The quantitative estimate of drug-likeness (QED) is 0.385. The van der Waals surface area contributed by atoms with Gasteiger partial charge in [0.1, 0.15) is 0 Å². The van der Waals surface area contributed by atoms with E-state index >= 15 is 0 Å². The molecule has 0 radical (unpaired) electrons. The number of hydrogen-bond acceptors (Lipinski definition) is 2. The van der Waals surface area contributed by atoms with Crippen LogP contribution in [0.5, 0.6) is 0 Å². The van der Waals surface area contributed by atoms with Gasteiger partial charge in [-0.15, -0.1) is 0 Å². The molecular formula is C7H17NO2. The molecule has 0 aromatic rings. The maximum Gasteiger partial charge on any atom is 0.0700 e. The van der Waals surface area contributed by atoms with Gasteiger partial charge in [-0.05, 0) is 0 Å². The summed E-state index contributed by atoms with van der Waals surface area (Å²) in [6.07, 6.45) is 1.06. The number of nitrogens with two attached hydrogens (primary N) is 1. The molecule has 0 aliphatic heterocycles. The van der Waals surface area contributed by atoms with Crippen molar-refractivity contribution < 1.29 is 14.8 Å². The standard InChI is InChI=1S/C7H17NO2/c1-8-4-3-5-10-7-6-9-2/h1,3-8H2,2H3. The molecule has 0 unspecified atom stereocenters. The molecule has 0 bridgehead atoms. The van der Waals surface area contributed by atoms with Crippen molar-refractivity contribution in [2.75, 3.05) is 33.5 Å². The molecule has 3 nitrogen and oxygen atoms in total. The van der Waals surface area contributed by atoms with Gasteiger partial charge in [0.15, 0.2) is 0 Å². The van der Waals surface area contributed by atoms with Gasteiger partial charge in [-0.2, -0.15) is 7.05 Å². The Morgan fingerprint density at radius 2 is 2.10 bits per heavy atom. The summed E-state index contributed by atoms with van der Waals surface area (Å²) in [4.78, 5) is 0. The zero-order chi connectivity index (χ0) is 7.66. The van der Waals surface area contributed by atoms with Crippen LogP contribution in [-0.2, 0) is 9.47 Å². The maximum absolute atomic E-state index is 5.20. The molecule has 0 aromatic carbocycles. The molecule has 0 fully saturated rings. The summed E-state index contributed by atoms with van der Waals surface area (Å²) in [6, 6.07) is 0. The van der Waals surface area contributed by atoms with Crippen LogP contribution in [0.3, 0.4) is 0 Å². The van der Waals surface area contributed by atoms with Crippen molar-refractivity contribution in [1.29, 1.82) is 0 Å². The molecule has 0 atom stereocenters. The molecule has 0 saturated carbocycles. The third-order valence-corrected chi connectivity index (χ3v) is 1.13. The molecule has 0 amide bonds. The fraction of sp³-hybridized carbons (Fsp3) is 0.857. The van der Waals surface area contributed by atoms with Crippen molar-refractivity contribution in [1.82, 2.24) is 0 Å². The summed E-state index contributed by atoms with van der Waals surface area (Å²) in [6.45, 7) is 3.24. The molecular weight excluding hydrogens is 130 g/mol. The van der Waals surface area contributed by atoms with E-state index in [0.717, 1.165) is 19.6 Å². The van der Waals surface area contributed by atoms with Gasteiger partial charge in [0, 0.05) is 13.5 Å². The van der Waals surface area contributed by atoms with E-state index in [0.29, 0.717) is 13.2 Å². The minimum absolute atomic E-state index is 0.689. The smallest absolute Gasteiger partial charge is 0.0700 e. The van der Waals surface area contributed by atoms with E-state index in [1.807, 2.05) is 5.32 Å². The van der Waals surface area contributed by atoms with E-state index in [4.69, 9.17) is 9.47 Å². The molecule has 0 heterocycles. The van der Waals surface area contributed by atoms with E-state index in [2.05, 4.69) is 7.05 Å². The highest BCUT2D eigenvalue weighted by Gasteiger charge is 1.86. The first-order chi connectivity index (χ1) is 4.91. The van der Waals surface area contributed by atoms with Crippen LogP contribution in [0.1, 0.15) is 6.42 Å². The highest BCUT2D eigenvalue weighted by molar-refractivity contribution is 4.31. The van der Waals surface area contributed by atoms with E-state index in [-0.39, 0.29) is 0 Å². The highest BCUT2D eigenvalue weighted by atomic mass is 16.5. The molecule has 2 N–H and O–H groups in total. The van der Waals surface area contributed by atoms with E-state index < -0.39 is 0 Å². The summed E-state index contributed by atoms with van der Waals surface area (Å²) in [7, 11) is 5.29. The molecule has 0 spiro atoms. The molecule has 0 saturated heterocycles. The van der Waals surface area contributed by atoms with Gasteiger partial charge in [-0.25, -0.2) is 0 Å². The summed E-state index contributed by atoms with van der Waals surface area (Å²) in [5, 5.41) is 1.90. The van der Waals surface area contributed by atoms with Crippen molar-refractivity contribution >= 4 is 0 Å². The lowest BCUT2D eigenvalue weighted by molar-refractivity contribution is -0.596. The average Bonchev–Trinajstić information content (AvgIpc) is 1.97. The average molecular weight is 147 g/mol. The van der Waals surface area contributed by atoms with Crippen molar-refractivity contribution in [2.45, 2.75) is 6.42 Å². The van der Waals surface area contributed by atoms with E-state index in [9.17, 15) is 0 Å². The van der Waals surface area contributed by atoms with Gasteiger partial charge in [-0.1, -0.05) is 0 Å². The van der Waals surface area contributed by atoms with E-state index in [1.165, 1.54) is 0 Å². The molecule has 0 aromatic heterocycles. The van der Waals surface area contributed by atoms with Crippen LogP contribution >= 0.6 is 0 Å². The first-order valence-corrected chi connectivity index (χ1v) is 3.59. The second kappa shape index (κ2) is 8.88. The van der Waals surface area contributed by atoms with Crippen LogP contribution in [0.4, 0.5) is 0 Å². The Hall–Kier alpha value is -0.120. The predicted molar refractivity (Wildman–Crippen MR) is 39.5 cm³/mol. The Bertz CT molecular complexity index is 51.6. The Kier molecular flexibility index (Phi) is 8.77. The number of methoxy groups -OCH3 is 1. The fourth-order valence-electron chi connectivity index (χ4n) is 0.574. The predicted octanol–water partition coefficient (Wildman–Crippen LogP) is -0.606. The van der Waals surface area contributed by atoms with Crippen LogP contribution in [0.2, 0.25) is 0 Å². The van der Waals surface area contributed by atoms with Crippen LogP contribution < -0.4 is 5.32 Å². The van der Waals surface area contributed by atoms with Gasteiger partial charge >= 0.3 is 0 Å². The lowest BCUT2D eigenvalue weighted by atomic mass is 10.4. The minimum Gasteiger partial charge on any atom is -0.479 e. The SMILES string of the molecule is [CH2-][NH2+]CCCOCCOC. The second-order valence-electron chi connectivity index (χ2n) is 2.04. The summed E-state index contributed by atoms with van der Waals surface area (Å²) in [5.74, 6) is 0.